The highest BCUT2D eigenvalue weighted by Gasteiger charge is 2.17. The molecule has 2 aromatic rings. The number of rotatable bonds is 9. The molecular weight excluding hydrogens is 456 g/mol. The second-order valence-corrected chi connectivity index (χ2v) is 7.17. The van der Waals surface area contributed by atoms with Gasteiger partial charge in [-0.15, -0.1) is 0 Å². The minimum absolute atomic E-state index is 0.349. The van der Waals surface area contributed by atoms with Gasteiger partial charge in [0.25, 0.3) is 11.8 Å². The zero-order chi connectivity index (χ0) is 22.1. The first kappa shape index (κ1) is 23.2. The molecule has 2 N–H and O–H groups in total. The summed E-state index contributed by atoms with van der Waals surface area (Å²) in [6.07, 6.45) is 0. The van der Waals surface area contributed by atoms with Gasteiger partial charge in [-0.1, -0.05) is 22.0 Å². The number of halogens is 1. The van der Waals surface area contributed by atoms with Crippen molar-refractivity contribution >= 4 is 33.7 Å². The van der Waals surface area contributed by atoms with Crippen molar-refractivity contribution in [1.82, 2.24) is 10.6 Å². The first-order valence-electron chi connectivity index (χ1n) is 9.04. The van der Waals surface area contributed by atoms with Gasteiger partial charge in [0, 0.05) is 15.6 Å². The number of amides is 2. The van der Waals surface area contributed by atoms with Gasteiger partial charge in [0.2, 0.25) is 0 Å². The van der Waals surface area contributed by atoms with Crippen molar-refractivity contribution in [3.63, 3.8) is 0 Å². The predicted octanol–water partition coefficient (Wildman–Crippen LogP) is 2.62. The van der Waals surface area contributed by atoms with E-state index in [1.165, 1.54) is 7.11 Å². The fourth-order valence-electron chi connectivity index (χ4n) is 2.62. The highest BCUT2D eigenvalue weighted by molar-refractivity contribution is 9.10. The van der Waals surface area contributed by atoms with Crippen LogP contribution in [0.4, 0.5) is 0 Å². The van der Waals surface area contributed by atoms with Crippen LogP contribution in [0.15, 0.2) is 46.9 Å². The van der Waals surface area contributed by atoms with E-state index in [-0.39, 0.29) is 6.54 Å². The van der Waals surface area contributed by atoms with Crippen LogP contribution < -0.4 is 20.1 Å². The fraction of sp³-hybridized carbons (Fsp3) is 0.286. The monoisotopic (exact) mass is 478 g/mol. The second-order valence-electron chi connectivity index (χ2n) is 6.25. The molecule has 0 saturated heterocycles. The minimum Gasteiger partial charge on any atom is -0.497 e. The van der Waals surface area contributed by atoms with Gasteiger partial charge >= 0.3 is 5.97 Å². The normalized spacial score (nSPS) is 11.2. The van der Waals surface area contributed by atoms with E-state index < -0.39 is 30.4 Å². The number of nitrogens with one attached hydrogen (secondary N) is 2. The molecule has 1 unspecified atom stereocenters. The summed E-state index contributed by atoms with van der Waals surface area (Å²) < 4.78 is 16.2. The molecule has 0 radical (unpaired) electrons. The molecule has 9 heteroatoms. The van der Waals surface area contributed by atoms with Gasteiger partial charge in [0.05, 0.1) is 20.3 Å². The van der Waals surface area contributed by atoms with Gasteiger partial charge in [0.15, 0.2) is 6.61 Å². The Morgan fingerprint density at radius 2 is 1.83 bits per heavy atom. The third kappa shape index (κ3) is 6.77. The number of carbonyl (C=O) groups is 3. The summed E-state index contributed by atoms with van der Waals surface area (Å²) in [5, 5.41) is 5.18. The van der Waals surface area contributed by atoms with E-state index >= 15 is 0 Å². The number of carbonyl (C=O) groups excluding carboxylic acids is 3. The number of hydrogen-bond acceptors (Lipinski definition) is 6. The fourth-order valence-corrected chi connectivity index (χ4v) is 3.02. The van der Waals surface area contributed by atoms with E-state index in [0.717, 1.165) is 10.0 Å². The molecule has 0 aliphatic heterocycles. The molecule has 0 bridgehead atoms. The average Bonchev–Trinajstić information content (AvgIpc) is 2.75. The number of benzene rings is 2. The number of ether oxygens (including phenoxy) is 3. The van der Waals surface area contributed by atoms with Crippen molar-refractivity contribution in [2.75, 3.05) is 27.4 Å². The Labute approximate surface area is 183 Å². The van der Waals surface area contributed by atoms with Crippen molar-refractivity contribution in [3.05, 3.63) is 58.1 Å². The van der Waals surface area contributed by atoms with Gasteiger partial charge in [-0.25, -0.2) is 0 Å². The summed E-state index contributed by atoms with van der Waals surface area (Å²) in [4.78, 5) is 36.0. The predicted molar refractivity (Wildman–Crippen MR) is 114 cm³/mol. The molecule has 0 saturated carbocycles. The van der Waals surface area contributed by atoms with E-state index in [1.54, 1.807) is 56.5 Å². The summed E-state index contributed by atoms with van der Waals surface area (Å²) in [6, 6.07) is 11.6. The first-order valence-corrected chi connectivity index (χ1v) is 9.84. The number of esters is 1. The molecule has 0 fully saturated rings. The van der Waals surface area contributed by atoms with Crippen LogP contribution in [0, 0.1) is 0 Å². The van der Waals surface area contributed by atoms with Crippen molar-refractivity contribution < 1.29 is 28.6 Å². The van der Waals surface area contributed by atoms with Gasteiger partial charge in [-0.05, 0) is 43.3 Å². The van der Waals surface area contributed by atoms with Crippen LogP contribution in [0.1, 0.15) is 28.9 Å². The van der Waals surface area contributed by atoms with Gasteiger partial charge < -0.3 is 24.8 Å². The second kappa shape index (κ2) is 11.2. The van der Waals surface area contributed by atoms with Crippen LogP contribution in [0.3, 0.4) is 0 Å². The Kier molecular flexibility index (Phi) is 8.67. The number of methoxy groups -OCH3 is 2. The van der Waals surface area contributed by atoms with E-state index in [2.05, 4.69) is 26.6 Å². The van der Waals surface area contributed by atoms with Crippen LogP contribution in [-0.4, -0.2) is 45.2 Å². The van der Waals surface area contributed by atoms with Gasteiger partial charge in [-0.2, -0.15) is 0 Å². The minimum atomic E-state index is -0.722. The third-order valence-corrected chi connectivity index (χ3v) is 4.62. The molecule has 2 amide bonds. The number of hydrogen-bond donors (Lipinski definition) is 2. The topological polar surface area (TPSA) is 103 Å². The zero-order valence-corrected chi connectivity index (χ0v) is 18.4. The third-order valence-electron chi connectivity index (χ3n) is 4.13. The quantitative estimate of drug-likeness (QED) is 0.537. The zero-order valence-electron chi connectivity index (χ0n) is 16.9. The Hall–Kier alpha value is -3.07. The molecule has 2 aromatic carbocycles. The maximum atomic E-state index is 12.1. The largest absolute Gasteiger partial charge is 0.497 e. The van der Waals surface area contributed by atoms with Crippen molar-refractivity contribution in [1.29, 1.82) is 0 Å². The van der Waals surface area contributed by atoms with E-state index in [4.69, 9.17) is 14.2 Å². The standard InChI is InChI=1S/C21H23BrN2O6/c1-13(17-10-16(28-2)7-8-18(17)29-3)24-19(25)12-30-20(26)11-23-21(27)14-5-4-6-15(22)9-14/h4-10,13H,11-12H2,1-3H3,(H,23,27)(H,24,25). The molecular formula is C21H23BrN2O6. The van der Waals surface area contributed by atoms with Crippen LogP contribution in [-0.2, 0) is 14.3 Å². The average molecular weight is 479 g/mol. The molecule has 8 nitrogen and oxygen atoms in total. The van der Waals surface area contributed by atoms with Crippen LogP contribution in [0.2, 0.25) is 0 Å². The van der Waals surface area contributed by atoms with Crippen molar-refractivity contribution in [3.8, 4) is 11.5 Å². The van der Waals surface area contributed by atoms with Gasteiger partial charge in [0.1, 0.15) is 18.0 Å². The van der Waals surface area contributed by atoms with Crippen LogP contribution in [0.25, 0.3) is 0 Å². The summed E-state index contributed by atoms with van der Waals surface area (Å²) >= 11 is 3.27. The van der Waals surface area contributed by atoms with E-state index in [0.29, 0.717) is 17.1 Å². The molecule has 2 rings (SSSR count). The molecule has 160 valence electrons. The van der Waals surface area contributed by atoms with Crippen molar-refractivity contribution in [2.45, 2.75) is 13.0 Å². The van der Waals surface area contributed by atoms with E-state index in [9.17, 15) is 14.4 Å². The summed E-state index contributed by atoms with van der Waals surface area (Å²) in [5.74, 6) is -0.411. The highest BCUT2D eigenvalue weighted by Crippen LogP contribution is 2.29. The first-order chi connectivity index (χ1) is 14.3. The lowest BCUT2D eigenvalue weighted by molar-refractivity contribution is -0.147. The molecule has 0 spiro atoms. The summed E-state index contributed by atoms with van der Waals surface area (Å²) in [6.45, 7) is 0.954. The lowest BCUT2D eigenvalue weighted by atomic mass is 10.1. The Bertz CT molecular complexity index is 918. The van der Waals surface area contributed by atoms with Crippen LogP contribution >= 0.6 is 15.9 Å². The maximum Gasteiger partial charge on any atom is 0.325 e. The van der Waals surface area contributed by atoms with E-state index in [1.807, 2.05) is 0 Å². The molecule has 0 aliphatic rings. The molecule has 0 aromatic heterocycles. The maximum absolute atomic E-state index is 12.1. The lowest BCUT2D eigenvalue weighted by Gasteiger charge is -2.18. The lowest BCUT2D eigenvalue weighted by Crippen LogP contribution is -2.34. The Morgan fingerprint density at radius 3 is 2.50 bits per heavy atom. The molecule has 30 heavy (non-hydrogen) atoms. The summed E-state index contributed by atoms with van der Waals surface area (Å²) in [5.41, 5.74) is 1.12. The highest BCUT2D eigenvalue weighted by atomic mass is 79.9. The Morgan fingerprint density at radius 1 is 1.07 bits per heavy atom. The van der Waals surface area contributed by atoms with Crippen LogP contribution in [0.5, 0.6) is 11.5 Å². The smallest absolute Gasteiger partial charge is 0.325 e. The Balaban J connectivity index is 1.81. The molecule has 1 atom stereocenters. The molecule has 0 heterocycles. The summed E-state index contributed by atoms with van der Waals surface area (Å²) in [7, 11) is 3.08. The molecule has 0 aliphatic carbocycles. The van der Waals surface area contributed by atoms with Gasteiger partial charge in [-0.3, -0.25) is 14.4 Å². The SMILES string of the molecule is COc1ccc(OC)c(C(C)NC(=O)COC(=O)CNC(=O)c2cccc(Br)c2)c1. The van der Waals surface area contributed by atoms with Crippen molar-refractivity contribution in [2.24, 2.45) is 0 Å².